The standard InChI is InChI=1S/C11H11N3O2/c1-13-11(15)10-8(6-12)9(4-5-14-10)16-7-2-3-7/h4-5,7H,2-3H2,1H3,(H,13,15). The summed E-state index contributed by atoms with van der Waals surface area (Å²) in [6.07, 6.45) is 3.67. The Hall–Kier alpha value is -2.09. The first-order valence-corrected chi connectivity index (χ1v) is 5.04. The van der Waals surface area contributed by atoms with E-state index in [1.54, 1.807) is 6.07 Å². The van der Waals surface area contributed by atoms with E-state index in [0.717, 1.165) is 12.8 Å². The number of ether oxygens (including phenoxy) is 1. The number of hydrogen-bond donors (Lipinski definition) is 1. The molecule has 1 saturated carbocycles. The first-order chi connectivity index (χ1) is 7.76. The second-order valence-corrected chi connectivity index (χ2v) is 3.54. The Balaban J connectivity index is 2.37. The van der Waals surface area contributed by atoms with Crippen LogP contribution < -0.4 is 10.1 Å². The van der Waals surface area contributed by atoms with Crippen LogP contribution in [-0.4, -0.2) is 24.0 Å². The van der Waals surface area contributed by atoms with E-state index in [1.165, 1.54) is 13.2 Å². The highest BCUT2D eigenvalue weighted by Crippen LogP contribution is 2.29. The summed E-state index contributed by atoms with van der Waals surface area (Å²) in [5.74, 6) is 0.0661. The molecule has 1 aromatic heterocycles. The number of carbonyl (C=O) groups is 1. The quantitative estimate of drug-likeness (QED) is 0.814. The topological polar surface area (TPSA) is 75.0 Å². The normalized spacial score (nSPS) is 14.0. The fourth-order valence-electron chi connectivity index (χ4n) is 1.31. The second kappa shape index (κ2) is 4.19. The number of nitrogens with one attached hydrogen (secondary N) is 1. The van der Waals surface area contributed by atoms with Gasteiger partial charge < -0.3 is 10.1 Å². The van der Waals surface area contributed by atoms with Gasteiger partial charge in [-0.3, -0.25) is 4.79 Å². The van der Waals surface area contributed by atoms with E-state index in [9.17, 15) is 4.79 Å². The molecule has 5 heteroatoms. The summed E-state index contributed by atoms with van der Waals surface area (Å²) in [4.78, 5) is 15.4. The summed E-state index contributed by atoms with van der Waals surface area (Å²) in [7, 11) is 1.50. The van der Waals surface area contributed by atoms with Crippen molar-refractivity contribution in [1.82, 2.24) is 10.3 Å². The Morgan fingerprint density at radius 1 is 1.69 bits per heavy atom. The van der Waals surface area contributed by atoms with Gasteiger partial charge in [0.25, 0.3) is 5.91 Å². The van der Waals surface area contributed by atoms with E-state index in [-0.39, 0.29) is 23.3 Å². The molecule has 1 aliphatic rings. The number of aromatic nitrogens is 1. The lowest BCUT2D eigenvalue weighted by Crippen LogP contribution is -2.21. The zero-order valence-electron chi connectivity index (χ0n) is 8.86. The second-order valence-electron chi connectivity index (χ2n) is 3.54. The molecule has 2 rings (SSSR count). The van der Waals surface area contributed by atoms with Crippen LogP contribution in [0.4, 0.5) is 0 Å². The van der Waals surface area contributed by atoms with Crippen molar-refractivity contribution in [2.24, 2.45) is 0 Å². The van der Waals surface area contributed by atoms with E-state index >= 15 is 0 Å². The van der Waals surface area contributed by atoms with Gasteiger partial charge in [0.05, 0.1) is 6.10 Å². The van der Waals surface area contributed by atoms with Gasteiger partial charge in [-0.25, -0.2) is 4.98 Å². The number of nitrogens with zero attached hydrogens (tertiary/aromatic N) is 2. The van der Waals surface area contributed by atoms with Crippen LogP contribution in [0, 0.1) is 11.3 Å². The van der Waals surface area contributed by atoms with Crippen LogP contribution >= 0.6 is 0 Å². The van der Waals surface area contributed by atoms with E-state index in [4.69, 9.17) is 10.00 Å². The molecule has 0 unspecified atom stereocenters. The third-order valence-corrected chi connectivity index (χ3v) is 2.28. The molecular weight excluding hydrogens is 206 g/mol. The van der Waals surface area contributed by atoms with Crippen molar-refractivity contribution in [1.29, 1.82) is 5.26 Å². The third-order valence-electron chi connectivity index (χ3n) is 2.28. The summed E-state index contributed by atoms with van der Waals surface area (Å²) in [5, 5.41) is 11.5. The lowest BCUT2D eigenvalue weighted by atomic mass is 10.2. The smallest absolute Gasteiger partial charge is 0.271 e. The Bertz CT molecular complexity index is 461. The van der Waals surface area contributed by atoms with Gasteiger partial charge in [0.1, 0.15) is 23.1 Å². The van der Waals surface area contributed by atoms with Crippen molar-refractivity contribution in [3.8, 4) is 11.8 Å². The maximum absolute atomic E-state index is 11.5. The van der Waals surface area contributed by atoms with Crippen molar-refractivity contribution in [2.45, 2.75) is 18.9 Å². The predicted molar refractivity (Wildman–Crippen MR) is 56.0 cm³/mol. The molecule has 16 heavy (non-hydrogen) atoms. The van der Waals surface area contributed by atoms with Gasteiger partial charge in [-0.15, -0.1) is 0 Å². The zero-order chi connectivity index (χ0) is 11.5. The molecule has 0 radical (unpaired) electrons. The van der Waals surface area contributed by atoms with Crippen molar-refractivity contribution < 1.29 is 9.53 Å². The number of carbonyl (C=O) groups excluding carboxylic acids is 1. The Labute approximate surface area is 93.1 Å². The van der Waals surface area contributed by atoms with E-state index < -0.39 is 0 Å². The van der Waals surface area contributed by atoms with Crippen LogP contribution in [0.5, 0.6) is 5.75 Å². The molecule has 0 spiro atoms. The fraction of sp³-hybridized carbons (Fsp3) is 0.364. The van der Waals surface area contributed by atoms with Crippen LogP contribution in [-0.2, 0) is 0 Å². The summed E-state index contributed by atoms with van der Waals surface area (Å²) in [6, 6.07) is 3.58. The maximum Gasteiger partial charge on any atom is 0.271 e. The van der Waals surface area contributed by atoms with E-state index in [1.807, 2.05) is 6.07 Å². The number of rotatable bonds is 3. The SMILES string of the molecule is CNC(=O)c1nccc(OC2CC2)c1C#N. The van der Waals surface area contributed by atoms with Crippen LogP contribution in [0.15, 0.2) is 12.3 Å². The molecule has 82 valence electrons. The average molecular weight is 217 g/mol. The lowest BCUT2D eigenvalue weighted by molar-refractivity contribution is 0.0957. The van der Waals surface area contributed by atoms with Gasteiger partial charge in [0.15, 0.2) is 0 Å². The Morgan fingerprint density at radius 2 is 2.44 bits per heavy atom. The molecule has 1 fully saturated rings. The molecule has 0 bridgehead atoms. The molecule has 0 aromatic carbocycles. The van der Waals surface area contributed by atoms with Gasteiger partial charge in [0.2, 0.25) is 0 Å². The number of nitriles is 1. The Morgan fingerprint density at radius 3 is 3.00 bits per heavy atom. The minimum absolute atomic E-state index is 0.114. The molecule has 0 atom stereocenters. The van der Waals surface area contributed by atoms with Crippen molar-refractivity contribution in [3.05, 3.63) is 23.5 Å². The van der Waals surface area contributed by atoms with Gasteiger partial charge in [-0.05, 0) is 18.9 Å². The molecule has 1 aromatic rings. The minimum atomic E-state index is -0.377. The molecule has 5 nitrogen and oxygen atoms in total. The fourth-order valence-corrected chi connectivity index (χ4v) is 1.31. The number of hydrogen-bond acceptors (Lipinski definition) is 4. The molecule has 0 saturated heterocycles. The van der Waals surface area contributed by atoms with Crippen LogP contribution in [0.2, 0.25) is 0 Å². The highest BCUT2D eigenvalue weighted by atomic mass is 16.5. The molecule has 0 aliphatic heterocycles. The summed E-state index contributed by atoms with van der Waals surface area (Å²) in [6.45, 7) is 0. The van der Waals surface area contributed by atoms with Gasteiger partial charge in [0, 0.05) is 13.2 Å². The largest absolute Gasteiger partial charge is 0.489 e. The zero-order valence-corrected chi connectivity index (χ0v) is 8.86. The molecule has 1 heterocycles. The maximum atomic E-state index is 11.5. The highest BCUT2D eigenvalue weighted by Gasteiger charge is 2.26. The van der Waals surface area contributed by atoms with Crippen molar-refractivity contribution in [3.63, 3.8) is 0 Å². The summed E-state index contributed by atoms with van der Waals surface area (Å²) >= 11 is 0. The van der Waals surface area contributed by atoms with Gasteiger partial charge in [-0.2, -0.15) is 5.26 Å². The highest BCUT2D eigenvalue weighted by molar-refractivity contribution is 5.95. The van der Waals surface area contributed by atoms with Crippen molar-refractivity contribution >= 4 is 5.91 Å². The predicted octanol–water partition coefficient (Wildman–Crippen LogP) is 0.854. The van der Waals surface area contributed by atoms with Crippen LogP contribution in [0.1, 0.15) is 28.9 Å². The number of pyridine rings is 1. The first-order valence-electron chi connectivity index (χ1n) is 5.04. The monoisotopic (exact) mass is 217 g/mol. The van der Waals surface area contributed by atoms with Crippen molar-refractivity contribution in [2.75, 3.05) is 7.05 Å². The molecule has 1 N–H and O–H groups in total. The van der Waals surface area contributed by atoms with Crippen LogP contribution in [0.25, 0.3) is 0 Å². The van der Waals surface area contributed by atoms with Gasteiger partial charge in [-0.1, -0.05) is 0 Å². The van der Waals surface area contributed by atoms with E-state index in [2.05, 4.69) is 10.3 Å². The molecule has 1 aliphatic carbocycles. The lowest BCUT2D eigenvalue weighted by Gasteiger charge is -2.08. The average Bonchev–Trinajstić information content (AvgIpc) is 3.11. The number of amides is 1. The summed E-state index contributed by atoms with van der Waals surface area (Å²) < 4.78 is 5.54. The first kappa shape index (κ1) is 10.4. The summed E-state index contributed by atoms with van der Waals surface area (Å²) in [5.41, 5.74) is 0.317. The third kappa shape index (κ3) is 1.96. The van der Waals surface area contributed by atoms with Gasteiger partial charge >= 0.3 is 0 Å². The minimum Gasteiger partial charge on any atom is -0.489 e. The van der Waals surface area contributed by atoms with E-state index in [0.29, 0.717) is 5.75 Å². The van der Waals surface area contributed by atoms with Crippen LogP contribution in [0.3, 0.4) is 0 Å². The Kier molecular flexibility index (Phi) is 2.73. The molecule has 1 amide bonds. The molecular formula is C11H11N3O2.